The molecule has 1 amide bonds. The fourth-order valence-corrected chi connectivity index (χ4v) is 5.86. The monoisotopic (exact) mass is 536 g/mol. The van der Waals surface area contributed by atoms with Crippen LogP contribution < -0.4 is 5.56 Å². The number of ketones is 1. The summed E-state index contributed by atoms with van der Waals surface area (Å²) in [7, 11) is 0. The predicted molar refractivity (Wildman–Crippen MR) is 143 cm³/mol. The van der Waals surface area contributed by atoms with Gasteiger partial charge < -0.3 is 5.11 Å². The molecule has 0 saturated carbocycles. The third-order valence-electron chi connectivity index (χ3n) is 5.62. The van der Waals surface area contributed by atoms with Gasteiger partial charge in [-0.1, -0.05) is 36.1 Å². The molecule has 1 aliphatic heterocycles. The number of rotatable bonds is 8. The standard InChI is InChI=1S/C25H20N4O4S3/c1-15-18(12-26)22(31)29(14-16-5-2-8-27-13-16)24(33)21(15)19(30)7-3-9-28-23(32)20(36-25(28)34)11-17-6-4-10-35-17/h2,4-6,8,10-11,13,33H,3,7,9,14H2,1H3/b20-11-. The first-order valence-electron chi connectivity index (χ1n) is 10.9. The summed E-state index contributed by atoms with van der Waals surface area (Å²) >= 11 is 8.10. The predicted octanol–water partition coefficient (Wildman–Crippen LogP) is 4.10. The Morgan fingerprint density at radius 3 is 2.78 bits per heavy atom. The molecule has 4 rings (SSSR count). The van der Waals surface area contributed by atoms with Gasteiger partial charge in [0.25, 0.3) is 11.5 Å². The van der Waals surface area contributed by atoms with E-state index >= 15 is 0 Å². The van der Waals surface area contributed by atoms with Crippen molar-refractivity contribution in [3.63, 3.8) is 0 Å². The van der Waals surface area contributed by atoms with E-state index < -0.39 is 17.2 Å². The van der Waals surface area contributed by atoms with Crippen molar-refractivity contribution in [1.82, 2.24) is 14.5 Å². The van der Waals surface area contributed by atoms with Gasteiger partial charge in [0.1, 0.15) is 16.0 Å². The summed E-state index contributed by atoms with van der Waals surface area (Å²) in [4.78, 5) is 45.7. The van der Waals surface area contributed by atoms with Crippen molar-refractivity contribution < 1.29 is 14.7 Å². The maximum Gasteiger partial charge on any atom is 0.271 e. The molecule has 182 valence electrons. The number of aromatic hydroxyl groups is 1. The summed E-state index contributed by atoms with van der Waals surface area (Å²) in [5.41, 5.74) is -0.181. The minimum Gasteiger partial charge on any atom is -0.494 e. The number of Topliss-reactive ketones (excluding diaryl/α,β-unsaturated/α-hetero) is 1. The van der Waals surface area contributed by atoms with Crippen molar-refractivity contribution in [2.24, 2.45) is 0 Å². The Labute approximate surface area is 220 Å². The SMILES string of the molecule is Cc1c(C(=O)CCCN2C(=O)/C(=C/c3cccs3)SC2=S)c(O)n(Cc2cccnc2)c(=O)c1C#N. The fraction of sp³-hybridized carbons (Fsp3) is 0.200. The largest absolute Gasteiger partial charge is 0.494 e. The Bertz CT molecular complexity index is 1470. The zero-order chi connectivity index (χ0) is 25.8. The molecule has 1 aliphatic rings. The van der Waals surface area contributed by atoms with Gasteiger partial charge in [-0.05, 0) is 48.1 Å². The molecule has 0 aliphatic carbocycles. The molecule has 11 heteroatoms. The highest BCUT2D eigenvalue weighted by Gasteiger charge is 2.32. The molecule has 0 atom stereocenters. The summed E-state index contributed by atoms with van der Waals surface area (Å²) in [5, 5.41) is 22.3. The molecular weight excluding hydrogens is 517 g/mol. The number of thiocarbonyl (C=S) groups is 1. The highest BCUT2D eigenvalue weighted by atomic mass is 32.2. The van der Waals surface area contributed by atoms with Crippen molar-refractivity contribution >= 4 is 57.4 Å². The molecule has 36 heavy (non-hydrogen) atoms. The van der Waals surface area contributed by atoms with Crippen LogP contribution in [-0.4, -0.2) is 42.1 Å². The molecule has 3 aromatic rings. The molecule has 0 aromatic carbocycles. The lowest BCUT2D eigenvalue weighted by atomic mass is 9.99. The van der Waals surface area contributed by atoms with Gasteiger partial charge in [-0.25, -0.2) is 0 Å². The lowest BCUT2D eigenvalue weighted by Crippen LogP contribution is -2.30. The summed E-state index contributed by atoms with van der Waals surface area (Å²) < 4.78 is 1.43. The van der Waals surface area contributed by atoms with Crippen LogP contribution in [0.3, 0.4) is 0 Å². The van der Waals surface area contributed by atoms with Crippen molar-refractivity contribution in [2.75, 3.05) is 6.54 Å². The summed E-state index contributed by atoms with van der Waals surface area (Å²) in [6.07, 6.45) is 5.19. The molecule has 1 N–H and O–H groups in total. The lowest BCUT2D eigenvalue weighted by molar-refractivity contribution is -0.122. The van der Waals surface area contributed by atoms with E-state index in [1.165, 1.54) is 41.1 Å². The zero-order valence-electron chi connectivity index (χ0n) is 19.1. The Kier molecular flexibility index (Phi) is 7.79. The normalized spacial score (nSPS) is 14.4. The molecule has 3 aromatic heterocycles. The van der Waals surface area contributed by atoms with Crippen LogP contribution in [0.15, 0.2) is 51.7 Å². The maximum atomic E-state index is 13.1. The Morgan fingerprint density at radius 1 is 1.31 bits per heavy atom. The van der Waals surface area contributed by atoms with E-state index in [9.17, 15) is 24.8 Å². The van der Waals surface area contributed by atoms with Gasteiger partial charge >= 0.3 is 0 Å². The number of hydrogen-bond acceptors (Lipinski definition) is 9. The second-order valence-corrected chi connectivity index (χ2v) is 10.6. The van der Waals surface area contributed by atoms with E-state index in [1.54, 1.807) is 24.4 Å². The number of pyridine rings is 2. The highest BCUT2D eigenvalue weighted by Crippen LogP contribution is 2.33. The molecule has 1 fully saturated rings. The van der Waals surface area contributed by atoms with Gasteiger partial charge in [-0.3, -0.25) is 28.8 Å². The van der Waals surface area contributed by atoms with Gasteiger partial charge in [-0.15, -0.1) is 11.3 Å². The fourth-order valence-electron chi connectivity index (χ4n) is 3.82. The number of hydrogen-bond donors (Lipinski definition) is 1. The van der Waals surface area contributed by atoms with Gasteiger partial charge in [0, 0.05) is 30.2 Å². The molecule has 0 unspecified atom stereocenters. The average Bonchev–Trinajstić information content (AvgIpc) is 3.46. The van der Waals surface area contributed by atoms with Crippen LogP contribution in [0.4, 0.5) is 0 Å². The number of amides is 1. The summed E-state index contributed by atoms with van der Waals surface area (Å²) in [5.74, 6) is -1.13. The molecule has 4 heterocycles. The minimum absolute atomic E-state index is 0.00853. The number of nitriles is 1. The molecular formula is C25H20N4O4S3. The molecule has 0 bridgehead atoms. The third-order valence-corrected chi connectivity index (χ3v) is 7.82. The van der Waals surface area contributed by atoms with Crippen LogP contribution in [0.2, 0.25) is 0 Å². The molecule has 0 spiro atoms. The van der Waals surface area contributed by atoms with E-state index in [4.69, 9.17) is 12.2 Å². The van der Waals surface area contributed by atoms with E-state index in [0.717, 1.165) is 9.44 Å². The topological polar surface area (TPSA) is 116 Å². The van der Waals surface area contributed by atoms with Crippen molar-refractivity contribution in [1.29, 1.82) is 5.26 Å². The van der Waals surface area contributed by atoms with E-state index in [-0.39, 0.29) is 42.1 Å². The van der Waals surface area contributed by atoms with Crippen molar-refractivity contribution in [2.45, 2.75) is 26.3 Å². The average molecular weight is 537 g/mol. The minimum atomic E-state index is -0.678. The first kappa shape index (κ1) is 25.5. The van der Waals surface area contributed by atoms with Gasteiger partial charge in [0.05, 0.1) is 17.0 Å². The maximum absolute atomic E-state index is 13.1. The number of thiophene rings is 1. The van der Waals surface area contributed by atoms with Crippen LogP contribution in [0, 0.1) is 18.3 Å². The Hall–Kier alpha value is -3.59. The van der Waals surface area contributed by atoms with Crippen LogP contribution in [0.1, 0.15) is 44.8 Å². The summed E-state index contributed by atoms with van der Waals surface area (Å²) in [6.45, 7) is 1.66. The number of nitrogens with zero attached hydrogens (tertiary/aromatic N) is 4. The Balaban J connectivity index is 1.51. The van der Waals surface area contributed by atoms with Gasteiger partial charge in [0.15, 0.2) is 5.78 Å². The quantitative estimate of drug-likeness (QED) is 0.260. The second kappa shape index (κ2) is 11.0. The number of carbonyl (C=O) groups is 2. The van der Waals surface area contributed by atoms with Crippen molar-refractivity contribution in [3.05, 3.63) is 84.4 Å². The zero-order valence-corrected chi connectivity index (χ0v) is 21.6. The number of carbonyl (C=O) groups excluding carboxylic acids is 2. The van der Waals surface area contributed by atoms with Crippen LogP contribution in [0.5, 0.6) is 5.88 Å². The van der Waals surface area contributed by atoms with Crippen LogP contribution in [-0.2, 0) is 11.3 Å². The number of thioether (sulfide) groups is 1. The Morgan fingerprint density at radius 2 is 2.11 bits per heavy atom. The second-order valence-electron chi connectivity index (χ2n) is 7.94. The first-order chi connectivity index (χ1) is 17.3. The first-order valence-corrected chi connectivity index (χ1v) is 13.0. The van der Waals surface area contributed by atoms with E-state index in [2.05, 4.69) is 4.98 Å². The molecule has 1 saturated heterocycles. The van der Waals surface area contributed by atoms with E-state index in [0.29, 0.717) is 21.2 Å². The smallest absolute Gasteiger partial charge is 0.271 e. The van der Waals surface area contributed by atoms with Gasteiger partial charge in [0.2, 0.25) is 5.88 Å². The molecule has 8 nitrogen and oxygen atoms in total. The molecule has 0 radical (unpaired) electrons. The van der Waals surface area contributed by atoms with Crippen LogP contribution >= 0.6 is 35.3 Å². The lowest BCUT2D eigenvalue weighted by Gasteiger charge is -2.17. The van der Waals surface area contributed by atoms with Crippen LogP contribution in [0.25, 0.3) is 6.08 Å². The van der Waals surface area contributed by atoms with E-state index in [1.807, 2.05) is 23.6 Å². The highest BCUT2D eigenvalue weighted by molar-refractivity contribution is 8.26. The number of aromatic nitrogens is 2. The van der Waals surface area contributed by atoms with Crippen molar-refractivity contribution in [3.8, 4) is 11.9 Å². The third kappa shape index (κ3) is 5.16. The summed E-state index contributed by atoms with van der Waals surface area (Å²) in [6, 6.07) is 9.08. The van der Waals surface area contributed by atoms with Gasteiger partial charge in [-0.2, -0.15) is 5.26 Å².